The fourth-order valence-electron chi connectivity index (χ4n) is 4.02. The number of amides is 1. The van der Waals surface area contributed by atoms with Crippen LogP contribution in [0.4, 0.5) is 0 Å². The van der Waals surface area contributed by atoms with Crippen molar-refractivity contribution in [2.45, 2.75) is 18.0 Å². The fourth-order valence-corrected chi connectivity index (χ4v) is 4.02. The molecule has 7 nitrogen and oxygen atoms in total. The van der Waals surface area contributed by atoms with Crippen molar-refractivity contribution in [3.8, 4) is 12.1 Å². The summed E-state index contributed by atoms with van der Waals surface area (Å²) in [7, 11) is 0. The summed E-state index contributed by atoms with van der Waals surface area (Å²) < 4.78 is 1.73. The van der Waals surface area contributed by atoms with Crippen LogP contribution in [0.1, 0.15) is 29.1 Å². The normalized spacial score (nSPS) is 21.9. The van der Waals surface area contributed by atoms with Gasteiger partial charge in [0.25, 0.3) is 5.91 Å². The van der Waals surface area contributed by atoms with Gasteiger partial charge in [-0.25, -0.2) is 0 Å². The fraction of sp³-hybridized carbons (Fsp3) is 0.182. The van der Waals surface area contributed by atoms with Crippen molar-refractivity contribution in [1.82, 2.24) is 15.3 Å². The monoisotopic (exact) mass is 460 g/mol. The maximum atomic E-state index is 13.3. The molecule has 1 N–H and O–H groups in total. The van der Waals surface area contributed by atoms with Gasteiger partial charge in [0.1, 0.15) is 0 Å². The van der Waals surface area contributed by atoms with E-state index in [4.69, 9.17) is 0 Å². The lowest BCUT2D eigenvalue weighted by atomic mass is 9.62. The van der Waals surface area contributed by atoms with Gasteiger partial charge in [-0.2, -0.15) is 15.1 Å². The Morgan fingerprint density at radius 1 is 0.933 bits per heavy atom. The molecule has 4 rings (SSSR count). The smallest absolute Gasteiger partial charge is 0.290 e. The number of nitriles is 2. The third-order valence-corrected chi connectivity index (χ3v) is 5.31. The van der Waals surface area contributed by atoms with Gasteiger partial charge in [-0.1, -0.05) is 18.2 Å². The van der Waals surface area contributed by atoms with Crippen LogP contribution in [-0.2, 0) is 4.79 Å². The quantitative estimate of drug-likeness (QED) is 0.504. The van der Waals surface area contributed by atoms with Crippen LogP contribution in [0.5, 0.6) is 0 Å². The number of carbonyl (C=O) groups is 1. The first-order valence-electron chi connectivity index (χ1n) is 9.10. The molecule has 0 bridgehead atoms. The van der Waals surface area contributed by atoms with Crippen molar-refractivity contribution in [3.63, 3.8) is 0 Å². The Bertz CT molecular complexity index is 1080. The molecule has 1 amide bonds. The maximum Gasteiger partial charge on any atom is 0.290 e. The first-order valence-corrected chi connectivity index (χ1v) is 9.10. The second kappa shape index (κ2) is 8.81. The molecule has 1 aliphatic rings. The van der Waals surface area contributed by atoms with Crippen molar-refractivity contribution < 1.29 is 26.3 Å². The average molecular weight is 461 g/mol. The van der Waals surface area contributed by atoms with Crippen molar-refractivity contribution in [3.05, 3.63) is 90.8 Å². The van der Waals surface area contributed by atoms with Gasteiger partial charge < -0.3 is 22.3 Å². The van der Waals surface area contributed by atoms with Crippen LogP contribution in [0, 0.1) is 28.1 Å². The number of piperidine rings is 1. The van der Waals surface area contributed by atoms with Gasteiger partial charge in [-0.3, -0.25) is 14.8 Å². The predicted molar refractivity (Wildman–Crippen MR) is 101 cm³/mol. The number of carbonyl (C=O) groups excluding carboxylic acids is 1. The van der Waals surface area contributed by atoms with Gasteiger partial charge in [-0.15, -0.1) is 0 Å². The summed E-state index contributed by atoms with van der Waals surface area (Å²) in [5.41, 5.74) is -0.303. The van der Waals surface area contributed by atoms with Gasteiger partial charge in [0, 0.05) is 36.9 Å². The van der Waals surface area contributed by atoms with E-state index in [-0.39, 0.29) is 22.9 Å². The van der Waals surface area contributed by atoms with Crippen LogP contribution >= 0.6 is 0 Å². The molecule has 148 valence electrons. The molecule has 4 heterocycles. The SMILES string of the molecule is N#CC1(C#N)C(c2cccnc2)NC(=O)C([n+]2ccccc2)C1c1cccnc1.[Br-]. The summed E-state index contributed by atoms with van der Waals surface area (Å²) >= 11 is 0. The molecule has 1 aliphatic heterocycles. The number of pyridine rings is 3. The van der Waals surface area contributed by atoms with Gasteiger partial charge in [0.05, 0.1) is 24.1 Å². The third kappa shape index (κ3) is 3.42. The summed E-state index contributed by atoms with van der Waals surface area (Å²) in [6.07, 6.45) is 9.94. The van der Waals surface area contributed by atoms with Crippen LogP contribution in [-0.4, -0.2) is 15.9 Å². The standard InChI is InChI=1S/C22H16N6O.BrH/c23-14-22(15-24)18(16-6-4-8-25-12-16)19(28-10-2-1-3-11-28)21(29)27-20(22)17-7-5-9-26-13-17;/h1-13,18-20H;1H. The molecule has 3 unspecified atom stereocenters. The van der Waals surface area contributed by atoms with E-state index in [1.165, 1.54) is 0 Å². The molecule has 1 fully saturated rings. The molecule has 3 aromatic rings. The molecule has 0 spiro atoms. The molecular weight excluding hydrogens is 444 g/mol. The number of rotatable bonds is 3. The Morgan fingerprint density at radius 3 is 2.07 bits per heavy atom. The summed E-state index contributed by atoms with van der Waals surface area (Å²) in [6, 6.07) is 15.4. The van der Waals surface area contributed by atoms with Crippen LogP contribution < -0.4 is 26.9 Å². The Balaban J connectivity index is 0.00000256. The number of nitrogens with one attached hydrogen (secondary N) is 1. The molecule has 1 saturated heterocycles. The van der Waals surface area contributed by atoms with Gasteiger partial charge >= 0.3 is 0 Å². The van der Waals surface area contributed by atoms with Gasteiger partial charge in [0.2, 0.25) is 6.04 Å². The first kappa shape index (κ1) is 21.1. The molecule has 30 heavy (non-hydrogen) atoms. The van der Waals surface area contributed by atoms with E-state index < -0.39 is 23.4 Å². The van der Waals surface area contributed by atoms with E-state index >= 15 is 0 Å². The molecule has 8 heteroatoms. The van der Waals surface area contributed by atoms with E-state index in [9.17, 15) is 15.3 Å². The lowest BCUT2D eigenvalue weighted by molar-refractivity contribution is -0.714. The van der Waals surface area contributed by atoms with Crippen LogP contribution in [0.15, 0.2) is 79.6 Å². The lowest BCUT2D eigenvalue weighted by Gasteiger charge is -2.42. The summed E-state index contributed by atoms with van der Waals surface area (Å²) in [4.78, 5) is 21.6. The Kier molecular flexibility index (Phi) is 6.20. The summed E-state index contributed by atoms with van der Waals surface area (Å²) in [5.74, 6) is -1.01. The van der Waals surface area contributed by atoms with E-state index in [0.29, 0.717) is 11.1 Å². The number of hydrogen-bond donors (Lipinski definition) is 1. The topological polar surface area (TPSA) is 106 Å². The number of hydrogen-bond acceptors (Lipinski definition) is 5. The highest BCUT2D eigenvalue weighted by Crippen LogP contribution is 2.51. The second-order valence-electron chi connectivity index (χ2n) is 6.85. The average Bonchev–Trinajstić information content (AvgIpc) is 2.80. The molecule has 0 aromatic carbocycles. The predicted octanol–water partition coefficient (Wildman–Crippen LogP) is -1.00. The van der Waals surface area contributed by atoms with Crippen molar-refractivity contribution in [1.29, 1.82) is 10.5 Å². The van der Waals surface area contributed by atoms with E-state index in [0.717, 1.165) is 0 Å². The maximum absolute atomic E-state index is 13.3. The number of nitrogens with zero attached hydrogens (tertiary/aromatic N) is 5. The molecular formula is C22H17BrN6O. The Morgan fingerprint density at radius 2 is 1.53 bits per heavy atom. The highest BCUT2D eigenvalue weighted by atomic mass is 79.9. The Hall–Kier alpha value is -3.62. The number of aromatic nitrogens is 3. The van der Waals surface area contributed by atoms with Crippen LogP contribution in [0.25, 0.3) is 0 Å². The zero-order chi connectivity index (χ0) is 20.3. The van der Waals surface area contributed by atoms with Crippen molar-refractivity contribution in [2.24, 2.45) is 5.41 Å². The Labute approximate surface area is 184 Å². The highest BCUT2D eigenvalue weighted by Gasteiger charge is 2.61. The van der Waals surface area contributed by atoms with E-state index in [1.54, 1.807) is 78.1 Å². The third-order valence-electron chi connectivity index (χ3n) is 5.31. The molecule has 0 saturated carbocycles. The molecule has 0 radical (unpaired) electrons. The van der Waals surface area contributed by atoms with E-state index in [1.807, 2.05) is 6.07 Å². The largest absolute Gasteiger partial charge is 1.00 e. The van der Waals surface area contributed by atoms with Crippen LogP contribution in [0.2, 0.25) is 0 Å². The minimum absolute atomic E-state index is 0. The van der Waals surface area contributed by atoms with Crippen molar-refractivity contribution in [2.75, 3.05) is 0 Å². The summed E-state index contributed by atoms with van der Waals surface area (Å²) in [5, 5.41) is 23.5. The first-order chi connectivity index (χ1) is 14.2. The zero-order valence-electron chi connectivity index (χ0n) is 15.8. The lowest BCUT2D eigenvalue weighted by Crippen LogP contribution is -3.00. The second-order valence-corrected chi connectivity index (χ2v) is 6.85. The molecule has 0 aliphatic carbocycles. The van der Waals surface area contributed by atoms with E-state index in [2.05, 4.69) is 27.4 Å². The van der Waals surface area contributed by atoms with Crippen molar-refractivity contribution >= 4 is 5.91 Å². The highest BCUT2D eigenvalue weighted by molar-refractivity contribution is 5.82. The minimum Gasteiger partial charge on any atom is -1.00 e. The van der Waals surface area contributed by atoms with Crippen LogP contribution in [0.3, 0.4) is 0 Å². The number of halogens is 1. The van der Waals surface area contributed by atoms with Gasteiger partial charge in [0.15, 0.2) is 17.8 Å². The van der Waals surface area contributed by atoms with Gasteiger partial charge in [-0.05, 0) is 23.3 Å². The zero-order valence-corrected chi connectivity index (χ0v) is 17.3. The molecule has 3 aromatic heterocycles. The molecule has 3 atom stereocenters. The minimum atomic E-state index is -1.56. The summed E-state index contributed by atoms with van der Waals surface area (Å²) in [6.45, 7) is 0.